The van der Waals surface area contributed by atoms with Gasteiger partial charge in [-0.2, -0.15) is 13.2 Å². The van der Waals surface area contributed by atoms with Crippen LogP contribution in [0.1, 0.15) is 18.4 Å². The second kappa shape index (κ2) is 10.2. The largest absolute Gasteiger partial charge is 0.469 e. The van der Waals surface area contributed by atoms with Crippen LogP contribution >= 0.6 is 11.6 Å². The number of methoxy groups -OCH3 is 1. The lowest BCUT2D eigenvalue weighted by molar-refractivity contribution is -0.148. The van der Waals surface area contributed by atoms with E-state index in [0.29, 0.717) is 23.2 Å². The van der Waals surface area contributed by atoms with Crippen molar-refractivity contribution < 1.29 is 35.9 Å². The van der Waals surface area contributed by atoms with Crippen molar-refractivity contribution in [1.29, 1.82) is 0 Å². The van der Waals surface area contributed by atoms with Gasteiger partial charge >= 0.3 is 12.1 Å². The molecule has 1 fully saturated rings. The van der Waals surface area contributed by atoms with Gasteiger partial charge in [0.2, 0.25) is 5.91 Å². The fourth-order valence-electron chi connectivity index (χ4n) is 3.67. The maximum atomic E-state index is 13.4. The maximum Gasteiger partial charge on any atom is 0.417 e. The highest BCUT2D eigenvalue weighted by molar-refractivity contribution is 7.92. The normalized spacial score (nSPS) is 15.1. The van der Waals surface area contributed by atoms with Crippen LogP contribution in [0.3, 0.4) is 0 Å². The summed E-state index contributed by atoms with van der Waals surface area (Å²) in [6.45, 7) is -0.350. The zero-order chi connectivity index (χ0) is 25.1. The average Bonchev–Trinajstić information content (AvgIpc) is 2.82. The summed E-state index contributed by atoms with van der Waals surface area (Å²) in [5, 5.41) is -0.593. The van der Waals surface area contributed by atoms with E-state index in [4.69, 9.17) is 16.3 Å². The average molecular weight is 519 g/mol. The topological polar surface area (TPSA) is 84.0 Å². The molecule has 0 spiro atoms. The third kappa shape index (κ3) is 5.64. The Hall–Kier alpha value is -2.79. The number of carbonyl (C=O) groups is 2. The van der Waals surface area contributed by atoms with E-state index in [1.807, 2.05) is 0 Å². The summed E-state index contributed by atoms with van der Waals surface area (Å²) in [6.07, 6.45) is -4.15. The number of esters is 1. The van der Waals surface area contributed by atoms with E-state index in [1.165, 1.54) is 36.3 Å². The van der Waals surface area contributed by atoms with Crippen molar-refractivity contribution in [2.45, 2.75) is 23.9 Å². The van der Waals surface area contributed by atoms with Crippen molar-refractivity contribution in [3.8, 4) is 0 Å². The molecule has 0 aliphatic carbocycles. The Kier molecular flexibility index (Phi) is 7.77. The zero-order valence-corrected chi connectivity index (χ0v) is 19.7. The fraction of sp³-hybridized carbons (Fsp3) is 0.364. The predicted molar refractivity (Wildman–Crippen MR) is 119 cm³/mol. The van der Waals surface area contributed by atoms with Crippen molar-refractivity contribution in [1.82, 2.24) is 4.90 Å². The number of nitrogens with zero attached hydrogens (tertiary/aromatic N) is 2. The molecule has 184 valence electrons. The van der Waals surface area contributed by atoms with Crippen LogP contribution in [-0.4, -0.2) is 51.9 Å². The summed E-state index contributed by atoms with van der Waals surface area (Å²) in [5.41, 5.74) is -1.57. The van der Waals surface area contributed by atoms with Gasteiger partial charge < -0.3 is 9.64 Å². The van der Waals surface area contributed by atoms with Crippen LogP contribution in [0.25, 0.3) is 0 Å². The number of benzene rings is 2. The van der Waals surface area contributed by atoms with Gasteiger partial charge in [0.05, 0.1) is 34.2 Å². The van der Waals surface area contributed by atoms with Crippen molar-refractivity contribution >= 4 is 39.2 Å². The van der Waals surface area contributed by atoms with Crippen LogP contribution in [0.4, 0.5) is 18.9 Å². The minimum Gasteiger partial charge on any atom is -0.469 e. The number of carbonyl (C=O) groups excluding carboxylic acids is 2. The number of anilines is 1. The molecule has 12 heteroatoms. The van der Waals surface area contributed by atoms with Crippen molar-refractivity contribution in [2.75, 3.05) is 31.0 Å². The number of alkyl halides is 3. The summed E-state index contributed by atoms with van der Waals surface area (Å²) >= 11 is 5.69. The lowest BCUT2D eigenvalue weighted by atomic mass is 9.97. The summed E-state index contributed by atoms with van der Waals surface area (Å²) in [7, 11) is -3.12. The van der Waals surface area contributed by atoms with Gasteiger partial charge in [-0.1, -0.05) is 29.8 Å². The Morgan fingerprint density at radius 1 is 1.12 bits per heavy atom. The van der Waals surface area contributed by atoms with Gasteiger partial charge in [-0.25, -0.2) is 8.42 Å². The van der Waals surface area contributed by atoms with E-state index < -0.39 is 39.2 Å². The molecule has 0 bridgehead atoms. The summed E-state index contributed by atoms with van der Waals surface area (Å²) in [6, 6.07) is 9.77. The molecule has 0 unspecified atom stereocenters. The first-order valence-corrected chi connectivity index (χ1v) is 12.1. The molecular formula is C22H22ClF3N2O5S. The van der Waals surface area contributed by atoms with E-state index >= 15 is 0 Å². The first-order chi connectivity index (χ1) is 15.9. The monoisotopic (exact) mass is 518 g/mol. The van der Waals surface area contributed by atoms with Crippen LogP contribution in [0.5, 0.6) is 0 Å². The van der Waals surface area contributed by atoms with Crippen LogP contribution < -0.4 is 4.31 Å². The molecule has 1 amide bonds. The number of piperidine rings is 1. The van der Waals surface area contributed by atoms with Crippen molar-refractivity contribution in [3.63, 3.8) is 0 Å². The molecule has 0 aromatic heterocycles. The number of rotatable bonds is 6. The van der Waals surface area contributed by atoms with E-state index in [0.717, 1.165) is 12.1 Å². The Bertz CT molecular complexity index is 1150. The van der Waals surface area contributed by atoms with Crippen LogP contribution in [0, 0.1) is 5.92 Å². The SMILES string of the molecule is COC(=O)C1CCN(C(=O)CN(c2ccc(Cl)c(C(F)(F)F)c2)S(=O)(=O)c2ccccc2)CC1. The Balaban J connectivity index is 1.94. The lowest BCUT2D eigenvalue weighted by Crippen LogP contribution is -2.46. The highest BCUT2D eigenvalue weighted by Crippen LogP contribution is 2.38. The molecule has 0 atom stereocenters. The van der Waals surface area contributed by atoms with E-state index in [9.17, 15) is 31.2 Å². The molecule has 1 aliphatic heterocycles. The number of sulfonamides is 1. The van der Waals surface area contributed by atoms with Crippen molar-refractivity contribution in [2.24, 2.45) is 5.92 Å². The highest BCUT2D eigenvalue weighted by atomic mass is 35.5. The Morgan fingerprint density at radius 2 is 1.74 bits per heavy atom. The summed E-state index contributed by atoms with van der Waals surface area (Å²) in [4.78, 5) is 25.9. The first-order valence-electron chi connectivity index (χ1n) is 10.2. The van der Waals surface area contributed by atoms with Gasteiger partial charge in [0.25, 0.3) is 10.0 Å². The fourth-order valence-corrected chi connectivity index (χ4v) is 5.33. The van der Waals surface area contributed by atoms with Crippen molar-refractivity contribution in [3.05, 3.63) is 59.1 Å². The number of ether oxygens (including phenoxy) is 1. The van der Waals surface area contributed by atoms with E-state index in [1.54, 1.807) is 6.07 Å². The summed E-state index contributed by atoms with van der Waals surface area (Å²) in [5.74, 6) is -1.36. The number of likely N-dealkylation sites (tertiary alicyclic amines) is 1. The first kappa shape index (κ1) is 25.8. The quantitative estimate of drug-likeness (QED) is 0.540. The molecule has 0 saturated carbocycles. The van der Waals surface area contributed by atoms with Gasteiger partial charge in [-0.15, -0.1) is 0 Å². The Morgan fingerprint density at radius 3 is 2.29 bits per heavy atom. The second-order valence-electron chi connectivity index (χ2n) is 7.66. The third-order valence-corrected chi connectivity index (χ3v) is 7.65. The predicted octanol–water partition coefficient (Wildman–Crippen LogP) is 3.97. The Labute approximate surface area is 200 Å². The molecule has 3 rings (SSSR count). The zero-order valence-electron chi connectivity index (χ0n) is 18.1. The van der Waals surface area contributed by atoms with Crippen LogP contribution in [0.2, 0.25) is 5.02 Å². The van der Waals surface area contributed by atoms with E-state index in [-0.39, 0.29) is 35.6 Å². The molecule has 7 nitrogen and oxygen atoms in total. The van der Waals surface area contributed by atoms with Gasteiger partial charge in [0, 0.05) is 13.1 Å². The molecular weight excluding hydrogens is 497 g/mol. The molecule has 0 N–H and O–H groups in total. The number of amides is 1. The minimum absolute atomic E-state index is 0.185. The molecule has 1 saturated heterocycles. The number of hydrogen-bond donors (Lipinski definition) is 0. The smallest absolute Gasteiger partial charge is 0.417 e. The molecule has 0 radical (unpaired) electrons. The molecule has 2 aromatic carbocycles. The number of halogens is 4. The number of hydrogen-bond acceptors (Lipinski definition) is 5. The minimum atomic E-state index is -4.82. The lowest BCUT2D eigenvalue weighted by Gasteiger charge is -2.33. The maximum absolute atomic E-state index is 13.4. The molecule has 1 aliphatic rings. The van der Waals surface area contributed by atoms with Gasteiger partial charge in [-0.3, -0.25) is 13.9 Å². The highest BCUT2D eigenvalue weighted by Gasteiger charge is 2.36. The van der Waals surface area contributed by atoms with Gasteiger partial charge in [0.1, 0.15) is 6.54 Å². The molecule has 1 heterocycles. The third-order valence-electron chi connectivity index (χ3n) is 5.54. The molecule has 2 aromatic rings. The van der Waals surface area contributed by atoms with Gasteiger partial charge in [-0.05, 0) is 43.2 Å². The van der Waals surface area contributed by atoms with Gasteiger partial charge in [0.15, 0.2) is 0 Å². The van der Waals surface area contributed by atoms with Crippen LogP contribution in [-0.2, 0) is 30.5 Å². The second-order valence-corrected chi connectivity index (χ2v) is 9.93. The molecule has 34 heavy (non-hydrogen) atoms. The van der Waals surface area contributed by atoms with E-state index in [2.05, 4.69) is 0 Å². The summed E-state index contributed by atoms with van der Waals surface area (Å²) < 4.78 is 72.4. The standard InChI is InChI=1S/C22H22ClF3N2O5S/c1-33-21(30)15-9-11-27(12-10-15)20(29)14-28(34(31,32)17-5-3-2-4-6-17)16-7-8-19(23)18(13-16)22(24,25)26/h2-8,13,15H,9-12,14H2,1H3. The van der Waals surface area contributed by atoms with Crippen LogP contribution in [0.15, 0.2) is 53.4 Å².